The normalized spacial score (nSPS) is 13.4. The first-order valence-corrected chi connectivity index (χ1v) is 50.4. The number of aromatic nitrogens is 5. The summed E-state index contributed by atoms with van der Waals surface area (Å²) in [7, 11) is 0. The molecule has 0 spiro atoms. The van der Waals surface area contributed by atoms with Crippen molar-refractivity contribution in [3.63, 3.8) is 0 Å². The molecule has 0 unspecified atom stereocenters. The average molecular weight is 1880 g/mol. The number of nitrogens with zero attached hydrogens (tertiary/aromatic N) is 10. The number of hydrogen-bond acceptors (Lipinski definition) is 7. The zero-order valence-electron chi connectivity index (χ0n) is 82.0. The number of fused-ring (bicyclic) bond motifs is 18. The Hall–Kier alpha value is -18.4. The quantitative estimate of drug-likeness (QED) is 0.0964. The Morgan fingerprint density at radius 3 is 0.938 bits per heavy atom. The average Bonchev–Trinajstić information content (AvgIpc) is 1.58. The summed E-state index contributed by atoms with van der Waals surface area (Å²) in [5.41, 5.74) is 45.6. The first kappa shape index (κ1) is 87.8. The van der Waals surface area contributed by atoms with Crippen LogP contribution in [0.1, 0.15) is 80.5 Å². The second kappa shape index (κ2) is 35.7. The van der Waals surface area contributed by atoms with Gasteiger partial charge in [-0.25, -0.2) is 0 Å². The van der Waals surface area contributed by atoms with Crippen LogP contribution < -0.4 is 14.7 Å². The molecule has 696 valence electrons. The fourth-order valence-corrected chi connectivity index (χ4v) is 23.5. The molecule has 0 atom stereocenters. The maximum Gasteiger partial charge on any atom is 0.130 e. The molecule has 28 rings (SSSR count). The van der Waals surface area contributed by atoms with E-state index in [1.165, 1.54) is 149 Å². The van der Waals surface area contributed by atoms with Crippen LogP contribution >= 0.6 is 0 Å². The van der Waals surface area contributed by atoms with Crippen molar-refractivity contribution in [3.05, 3.63) is 531 Å². The SMILES string of the molecule is CC1(C)c2ccccc2-c2ccc(N(c3ccc(C4=NCN=C4)cc3)c3ccc(-c4ccc5c(c4)c4ccccc4n5-c4ccccc4)cc3)cc21.CC1(C)c2ccccc2-c2ccc(N(c3cccc(-c4cccnc4)c3)c3ccc4c(c3)c3ccccc3n4-c3ccccc3)cc21.CC1(C)c2ccccc2-c2ccc(N(c3cccc(-c4ccncc4)c3)c3ccc4c(c3)c3ccccc3n4-c3ccccc3)cc21. The number of anilines is 9. The number of pyridine rings is 2. The van der Waals surface area contributed by atoms with Gasteiger partial charge in [-0.3, -0.25) is 20.0 Å². The summed E-state index contributed by atoms with van der Waals surface area (Å²) in [6.07, 6.45) is 9.34. The zero-order valence-corrected chi connectivity index (χ0v) is 82.0. The largest absolute Gasteiger partial charge is 0.310 e. The third-order valence-corrected chi connectivity index (χ3v) is 30.7. The lowest BCUT2D eigenvalue weighted by Gasteiger charge is -2.28. The molecule has 0 amide bonds. The fourth-order valence-electron chi connectivity index (χ4n) is 23.5. The van der Waals surface area contributed by atoms with Crippen molar-refractivity contribution >= 4 is 129 Å². The van der Waals surface area contributed by atoms with Crippen LogP contribution in [0.25, 0.3) is 149 Å². The Labute approximate surface area is 850 Å². The first-order valence-electron chi connectivity index (χ1n) is 50.4. The second-order valence-corrected chi connectivity index (χ2v) is 40.1. The van der Waals surface area contributed by atoms with Crippen LogP contribution in [0.5, 0.6) is 0 Å². The molecule has 0 N–H and O–H groups in total. The van der Waals surface area contributed by atoms with Crippen molar-refractivity contribution < 1.29 is 0 Å². The highest BCUT2D eigenvalue weighted by Gasteiger charge is 2.40. The minimum atomic E-state index is -0.0990. The van der Waals surface area contributed by atoms with E-state index in [2.05, 4.69) is 551 Å². The number of aliphatic imine (C=N–C) groups is 2. The van der Waals surface area contributed by atoms with Crippen LogP contribution in [0, 0.1) is 0 Å². The van der Waals surface area contributed by atoms with Gasteiger partial charge in [0.2, 0.25) is 0 Å². The molecule has 1 aliphatic heterocycles. The number of hydrogen-bond donors (Lipinski definition) is 0. The van der Waals surface area contributed by atoms with Crippen molar-refractivity contribution in [2.75, 3.05) is 21.4 Å². The molecule has 6 heterocycles. The highest BCUT2D eigenvalue weighted by Crippen LogP contribution is 2.56. The topological polar surface area (TPSA) is 75.0 Å². The van der Waals surface area contributed by atoms with Crippen molar-refractivity contribution in [2.24, 2.45) is 9.98 Å². The van der Waals surface area contributed by atoms with Gasteiger partial charge in [0.25, 0.3) is 0 Å². The standard InChI is InChI=1S/C48H36N4.2C44H33N3/c1-48(2)43-14-8-6-12-39(43)40-26-25-38(29-44(40)48)51(37-23-18-33(19-24-37)45-30-49-31-50-45)36-21-16-32(17-22-36)34-20-27-47-42(28-34)41-13-7-9-15-46(41)52(47)35-10-4-3-5-11-35;1-44(2)40-19-8-6-17-36(40)37-23-21-35(28-41(37)44)46(33-16-10-12-30(26-33)31-13-11-25-45-29-31)34-22-24-43-39(27-34)38-18-7-9-20-42(38)47(43)32-14-4-3-5-15-32;1-44(2)40-17-8-6-15-36(40)37-21-19-35(29-41(37)44)46(33-14-10-11-31(27-33)30-23-25-45-26-24-30)34-20-22-43-39(28-34)38-16-7-9-18-42(38)47(43)32-12-4-3-5-13-32/h3-30H,31H2,1-2H3;2*3-29H,1-2H3. The van der Waals surface area contributed by atoms with Gasteiger partial charge in [0, 0.05) is 159 Å². The van der Waals surface area contributed by atoms with Gasteiger partial charge in [-0.05, 0) is 301 Å². The third kappa shape index (κ3) is 15.0. The van der Waals surface area contributed by atoms with Gasteiger partial charge in [0.05, 0.1) is 38.8 Å². The lowest BCUT2D eigenvalue weighted by Crippen LogP contribution is -2.16. The van der Waals surface area contributed by atoms with E-state index in [1.54, 1.807) is 0 Å². The number of para-hydroxylation sites is 6. The molecule has 0 saturated heterocycles. The van der Waals surface area contributed by atoms with E-state index in [9.17, 15) is 0 Å². The summed E-state index contributed by atoms with van der Waals surface area (Å²) >= 11 is 0. The van der Waals surface area contributed by atoms with E-state index in [0.717, 1.165) is 96.1 Å². The van der Waals surface area contributed by atoms with Crippen molar-refractivity contribution in [1.82, 2.24) is 23.7 Å². The van der Waals surface area contributed by atoms with Crippen molar-refractivity contribution in [1.29, 1.82) is 0 Å². The Morgan fingerprint density at radius 1 is 0.205 bits per heavy atom. The predicted molar refractivity (Wildman–Crippen MR) is 611 cm³/mol. The van der Waals surface area contributed by atoms with E-state index >= 15 is 0 Å². The monoisotopic (exact) mass is 1870 g/mol. The maximum absolute atomic E-state index is 4.54. The van der Waals surface area contributed by atoms with Gasteiger partial charge >= 0.3 is 0 Å². The van der Waals surface area contributed by atoms with Gasteiger partial charge < -0.3 is 28.4 Å². The molecule has 10 heteroatoms. The molecular weight excluding hydrogens is 1770 g/mol. The van der Waals surface area contributed by atoms with Crippen LogP contribution in [0.4, 0.5) is 51.2 Å². The van der Waals surface area contributed by atoms with Gasteiger partial charge in [0.1, 0.15) is 6.67 Å². The van der Waals surface area contributed by atoms with Gasteiger partial charge in [-0.1, -0.05) is 302 Å². The van der Waals surface area contributed by atoms with Crippen LogP contribution in [0.2, 0.25) is 0 Å². The van der Waals surface area contributed by atoms with Gasteiger partial charge in [-0.15, -0.1) is 0 Å². The molecule has 146 heavy (non-hydrogen) atoms. The molecule has 10 nitrogen and oxygen atoms in total. The molecule has 5 aromatic heterocycles. The van der Waals surface area contributed by atoms with Gasteiger partial charge in [-0.2, -0.15) is 0 Å². The smallest absolute Gasteiger partial charge is 0.130 e. The molecule has 0 saturated carbocycles. The highest BCUT2D eigenvalue weighted by molar-refractivity contribution is 6.39. The van der Waals surface area contributed by atoms with E-state index in [0.29, 0.717) is 6.67 Å². The minimum Gasteiger partial charge on any atom is -0.310 e. The third-order valence-electron chi connectivity index (χ3n) is 30.7. The summed E-state index contributed by atoms with van der Waals surface area (Å²) in [5.74, 6) is 0. The number of benzene rings is 19. The predicted octanol–water partition coefficient (Wildman–Crippen LogP) is 35.3. The molecule has 24 aromatic rings. The van der Waals surface area contributed by atoms with Crippen molar-refractivity contribution in [3.8, 4) is 83.8 Å². The molecule has 0 fully saturated rings. The number of rotatable bonds is 16. The highest BCUT2D eigenvalue weighted by atomic mass is 15.2. The molecule has 0 radical (unpaired) electrons. The zero-order chi connectivity index (χ0) is 97.9. The minimum absolute atomic E-state index is 0.0937. The lowest BCUT2D eigenvalue weighted by molar-refractivity contribution is 0.660. The molecule has 19 aromatic carbocycles. The summed E-state index contributed by atoms with van der Waals surface area (Å²) in [5, 5.41) is 7.44. The van der Waals surface area contributed by atoms with E-state index in [4.69, 9.17) is 0 Å². The van der Waals surface area contributed by atoms with E-state index in [1.807, 2.05) is 37.1 Å². The summed E-state index contributed by atoms with van der Waals surface area (Å²) in [6.45, 7) is 14.6. The summed E-state index contributed by atoms with van der Waals surface area (Å²) < 4.78 is 7.11. The first-order chi connectivity index (χ1) is 71.7. The molecule has 3 aliphatic carbocycles. The van der Waals surface area contributed by atoms with Gasteiger partial charge in [0.15, 0.2) is 0 Å². The van der Waals surface area contributed by atoms with Crippen LogP contribution in [0.15, 0.2) is 502 Å². The lowest BCUT2D eigenvalue weighted by atomic mass is 9.82. The van der Waals surface area contributed by atoms with Crippen LogP contribution in [-0.4, -0.2) is 42.3 Å². The van der Waals surface area contributed by atoms with E-state index < -0.39 is 0 Å². The summed E-state index contributed by atoms with van der Waals surface area (Å²) in [4.78, 5) is 24.7. The fraction of sp³-hybridized carbons (Fsp3) is 0.0735. The maximum atomic E-state index is 4.54. The molecule has 4 aliphatic rings. The molecule has 0 bridgehead atoms. The van der Waals surface area contributed by atoms with Crippen LogP contribution in [-0.2, 0) is 16.2 Å². The Morgan fingerprint density at radius 2 is 0.521 bits per heavy atom. The molecular formula is C136H102N10. The Balaban J connectivity index is 0.000000111. The Kier molecular flexibility index (Phi) is 21.5. The summed E-state index contributed by atoms with van der Waals surface area (Å²) in [6, 6.07) is 170. The van der Waals surface area contributed by atoms with Crippen LogP contribution in [0.3, 0.4) is 0 Å². The Bertz CT molecular complexity index is 8950. The van der Waals surface area contributed by atoms with Crippen molar-refractivity contribution in [2.45, 2.75) is 57.8 Å². The van der Waals surface area contributed by atoms with E-state index in [-0.39, 0.29) is 16.2 Å². The second-order valence-electron chi connectivity index (χ2n) is 40.1.